The van der Waals surface area contributed by atoms with Gasteiger partial charge in [-0.1, -0.05) is 18.9 Å². The van der Waals surface area contributed by atoms with Crippen molar-refractivity contribution in [3.8, 4) is 11.5 Å². The minimum absolute atomic E-state index is 0.107. The zero-order valence-electron chi connectivity index (χ0n) is 16.7. The molecule has 2 aromatic rings. The first-order valence-corrected chi connectivity index (χ1v) is 9.99. The molecular weight excluding hydrogens is 370 g/mol. The van der Waals surface area contributed by atoms with Crippen LogP contribution in [0.4, 0.5) is 0 Å². The van der Waals surface area contributed by atoms with Crippen LogP contribution in [0.15, 0.2) is 42.5 Å². The van der Waals surface area contributed by atoms with Crippen LogP contribution in [0.5, 0.6) is 11.5 Å². The summed E-state index contributed by atoms with van der Waals surface area (Å²) in [6.07, 6.45) is 4.33. The Bertz CT molecular complexity index is 815. The second-order valence-electron chi connectivity index (χ2n) is 6.89. The first kappa shape index (κ1) is 20.6. The number of likely N-dealkylation sites (tertiary alicyclic amines) is 1. The highest BCUT2D eigenvalue weighted by Gasteiger charge is 2.19. The van der Waals surface area contributed by atoms with Gasteiger partial charge in [0.2, 0.25) is 0 Å². The summed E-state index contributed by atoms with van der Waals surface area (Å²) < 4.78 is 10.7. The van der Waals surface area contributed by atoms with E-state index >= 15 is 0 Å². The number of ether oxygens (including phenoxy) is 2. The number of benzene rings is 1. The Morgan fingerprint density at radius 1 is 0.966 bits per heavy atom. The molecule has 1 saturated heterocycles. The van der Waals surface area contributed by atoms with Crippen LogP contribution < -0.4 is 14.8 Å². The monoisotopic (exact) mass is 397 g/mol. The number of nitrogens with zero attached hydrogens (tertiary/aromatic N) is 2. The SMILES string of the molecule is COc1ccc(OCCNC(=O)c2cccc(C(=O)N3CCCCCC3)n2)cc1. The van der Waals surface area contributed by atoms with Crippen molar-refractivity contribution in [1.82, 2.24) is 15.2 Å². The van der Waals surface area contributed by atoms with E-state index in [0.29, 0.717) is 24.6 Å². The third kappa shape index (κ3) is 5.94. The summed E-state index contributed by atoms with van der Waals surface area (Å²) in [7, 11) is 1.61. The summed E-state index contributed by atoms with van der Waals surface area (Å²) in [5.41, 5.74) is 0.546. The molecule has 0 radical (unpaired) electrons. The minimum Gasteiger partial charge on any atom is -0.497 e. The molecular formula is C22H27N3O4. The van der Waals surface area contributed by atoms with Gasteiger partial charge in [-0.2, -0.15) is 0 Å². The van der Waals surface area contributed by atoms with Gasteiger partial charge in [-0.3, -0.25) is 9.59 Å². The fourth-order valence-corrected chi connectivity index (χ4v) is 3.21. The summed E-state index contributed by atoms with van der Waals surface area (Å²) in [6, 6.07) is 12.2. The van der Waals surface area contributed by atoms with Gasteiger partial charge in [0.25, 0.3) is 11.8 Å². The predicted molar refractivity (Wildman–Crippen MR) is 109 cm³/mol. The molecule has 154 valence electrons. The molecule has 7 nitrogen and oxygen atoms in total. The first-order chi connectivity index (χ1) is 14.2. The molecule has 1 fully saturated rings. The van der Waals surface area contributed by atoms with Gasteiger partial charge in [-0.15, -0.1) is 0 Å². The van der Waals surface area contributed by atoms with Crippen molar-refractivity contribution in [2.45, 2.75) is 25.7 Å². The summed E-state index contributed by atoms with van der Waals surface area (Å²) in [5.74, 6) is 1.02. The summed E-state index contributed by atoms with van der Waals surface area (Å²) >= 11 is 0. The Morgan fingerprint density at radius 2 is 1.62 bits per heavy atom. The number of carbonyl (C=O) groups excluding carboxylic acids is 2. The van der Waals surface area contributed by atoms with E-state index in [0.717, 1.165) is 44.5 Å². The summed E-state index contributed by atoms with van der Waals surface area (Å²) in [5, 5.41) is 2.77. The Kier molecular flexibility index (Phi) is 7.44. The van der Waals surface area contributed by atoms with E-state index in [1.165, 1.54) is 0 Å². The van der Waals surface area contributed by atoms with Gasteiger partial charge in [0.05, 0.1) is 13.7 Å². The maximum atomic E-state index is 12.7. The predicted octanol–water partition coefficient (Wildman–Crippen LogP) is 2.92. The first-order valence-electron chi connectivity index (χ1n) is 9.99. The zero-order chi connectivity index (χ0) is 20.5. The van der Waals surface area contributed by atoms with Crippen LogP contribution in [-0.2, 0) is 0 Å². The molecule has 0 spiro atoms. The molecule has 1 aromatic carbocycles. The van der Waals surface area contributed by atoms with Crippen LogP contribution >= 0.6 is 0 Å². The van der Waals surface area contributed by atoms with Gasteiger partial charge in [-0.25, -0.2) is 4.98 Å². The van der Waals surface area contributed by atoms with Gasteiger partial charge in [-0.05, 0) is 49.2 Å². The Hall–Kier alpha value is -3.09. The van der Waals surface area contributed by atoms with Crippen LogP contribution in [0, 0.1) is 0 Å². The molecule has 29 heavy (non-hydrogen) atoms. The topological polar surface area (TPSA) is 80.8 Å². The van der Waals surface area contributed by atoms with E-state index in [4.69, 9.17) is 9.47 Å². The van der Waals surface area contributed by atoms with Crippen molar-refractivity contribution in [2.75, 3.05) is 33.4 Å². The highest BCUT2D eigenvalue weighted by molar-refractivity contribution is 5.96. The molecule has 1 aliphatic heterocycles. The number of aromatic nitrogens is 1. The average Bonchev–Trinajstić information content (AvgIpc) is 3.06. The molecule has 0 atom stereocenters. The fraction of sp³-hybridized carbons (Fsp3) is 0.409. The number of pyridine rings is 1. The number of amides is 2. The summed E-state index contributed by atoms with van der Waals surface area (Å²) in [6.45, 7) is 2.15. The van der Waals surface area contributed by atoms with Crippen molar-refractivity contribution in [1.29, 1.82) is 0 Å². The minimum atomic E-state index is -0.325. The maximum Gasteiger partial charge on any atom is 0.272 e. The highest BCUT2D eigenvalue weighted by atomic mass is 16.5. The van der Waals surface area contributed by atoms with Crippen LogP contribution in [0.25, 0.3) is 0 Å². The average molecular weight is 397 g/mol. The lowest BCUT2D eigenvalue weighted by Crippen LogP contribution is -2.33. The van der Waals surface area contributed by atoms with Gasteiger partial charge >= 0.3 is 0 Å². The third-order valence-electron chi connectivity index (χ3n) is 4.81. The van der Waals surface area contributed by atoms with Crippen LogP contribution in [0.2, 0.25) is 0 Å². The Balaban J connectivity index is 1.50. The maximum absolute atomic E-state index is 12.7. The largest absolute Gasteiger partial charge is 0.497 e. The molecule has 1 aliphatic rings. The van der Waals surface area contributed by atoms with Gasteiger partial charge in [0.1, 0.15) is 29.5 Å². The van der Waals surface area contributed by atoms with Crippen molar-refractivity contribution in [2.24, 2.45) is 0 Å². The molecule has 2 amide bonds. The number of hydrogen-bond donors (Lipinski definition) is 1. The fourth-order valence-electron chi connectivity index (χ4n) is 3.21. The Labute approximate surface area is 171 Å². The molecule has 3 rings (SSSR count). The second kappa shape index (κ2) is 10.5. The van der Waals surface area contributed by atoms with Crippen molar-refractivity contribution in [3.63, 3.8) is 0 Å². The van der Waals surface area contributed by atoms with E-state index in [1.807, 2.05) is 17.0 Å². The number of rotatable bonds is 7. The normalized spacial score (nSPS) is 14.0. The number of methoxy groups -OCH3 is 1. The molecule has 1 aromatic heterocycles. The van der Waals surface area contributed by atoms with Gasteiger partial charge in [0.15, 0.2) is 0 Å². The molecule has 0 unspecified atom stereocenters. The van der Waals surface area contributed by atoms with E-state index in [-0.39, 0.29) is 17.5 Å². The van der Waals surface area contributed by atoms with E-state index in [9.17, 15) is 9.59 Å². The van der Waals surface area contributed by atoms with Crippen LogP contribution in [0.1, 0.15) is 46.7 Å². The number of carbonyl (C=O) groups is 2. The summed E-state index contributed by atoms with van der Waals surface area (Å²) in [4.78, 5) is 31.2. The van der Waals surface area contributed by atoms with Crippen molar-refractivity contribution in [3.05, 3.63) is 53.9 Å². The lowest BCUT2D eigenvalue weighted by molar-refractivity contribution is 0.0755. The molecule has 0 aliphatic carbocycles. The molecule has 1 N–H and O–H groups in total. The third-order valence-corrected chi connectivity index (χ3v) is 4.81. The van der Waals surface area contributed by atoms with Crippen molar-refractivity contribution >= 4 is 11.8 Å². The molecule has 0 saturated carbocycles. The number of hydrogen-bond acceptors (Lipinski definition) is 5. The van der Waals surface area contributed by atoms with Gasteiger partial charge in [0, 0.05) is 13.1 Å². The lowest BCUT2D eigenvalue weighted by atomic mass is 10.2. The standard InChI is InChI=1S/C22H27N3O4/c1-28-17-9-11-18(12-10-17)29-16-13-23-21(26)19-7-6-8-20(24-19)22(27)25-14-4-2-3-5-15-25/h6-12H,2-5,13-16H2,1H3,(H,23,26). The van der Waals surface area contributed by atoms with Crippen LogP contribution in [-0.4, -0.2) is 55.0 Å². The van der Waals surface area contributed by atoms with E-state index in [2.05, 4.69) is 10.3 Å². The van der Waals surface area contributed by atoms with Crippen LogP contribution in [0.3, 0.4) is 0 Å². The number of nitrogens with one attached hydrogen (secondary N) is 1. The van der Waals surface area contributed by atoms with E-state index in [1.54, 1.807) is 37.4 Å². The molecule has 2 heterocycles. The van der Waals surface area contributed by atoms with E-state index < -0.39 is 0 Å². The second-order valence-corrected chi connectivity index (χ2v) is 6.89. The highest BCUT2D eigenvalue weighted by Crippen LogP contribution is 2.16. The lowest BCUT2D eigenvalue weighted by Gasteiger charge is -2.19. The Morgan fingerprint density at radius 3 is 2.31 bits per heavy atom. The molecule has 7 heteroatoms. The quantitative estimate of drug-likeness (QED) is 0.727. The zero-order valence-corrected chi connectivity index (χ0v) is 16.7. The molecule has 0 bridgehead atoms. The van der Waals surface area contributed by atoms with Gasteiger partial charge < -0.3 is 19.7 Å². The van der Waals surface area contributed by atoms with Crippen molar-refractivity contribution < 1.29 is 19.1 Å². The smallest absolute Gasteiger partial charge is 0.272 e.